The van der Waals surface area contributed by atoms with Crippen molar-refractivity contribution in [3.8, 4) is 0 Å². The minimum atomic E-state index is -0.207. The van der Waals surface area contributed by atoms with Crippen LogP contribution in [0.4, 0.5) is 11.6 Å². The molecule has 0 aliphatic carbocycles. The van der Waals surface area contributed by atoms with Crippen molar-refractivity contribution in [2.75, 3.05) is 5.32 Å². The lowest BCUT2D eigenvalue weighted by atomic mass is 10.3. The van der Waals surface area contributed by atoms with Crippen LogP contribution in [0.5, 0.6) is 0 Å². The minimum Gasteiger partial charge on any atom is -0.431 e. The van der Waals surface area contributed by atoms with Crippen molar-refractivity contribution in [2.24, 2.45) is 0 Å². The molecule has 0 unspecified atom stereocenters. The molecule has 0 amide bonds. The van der Waals surface area contributed by atoms with E-state index >= 15 is 0 Å². The van der Waals surface area contributed by atoms with E-state index in [1.807, 2.05) is 54.6 Å². The van der Waals surface area contributed by atoms with Gasteiger partial charge in [0.05, 0.1) is 5.69 Å². The normalized spacial score (nSPS) is 10.9. The monoisotopic (exact) mass is 350 g/mol. The maximum absolute atomic E-state index is 11.9. The summed E-state index contributed by atoms with van der Waals surface area (Å²) >= 11 is 1.40. The smallest absolute Gasteiger partial charge is 0.257 e. The number of oxazole rings is 1. The summed E-state index contributed by atoms with van der Waals surface area (Å²) in [6.45, 7) is 0. The number of nitrogens with one attached hydrogen (secondary N) is 2. The van der Waals surface area contributed by atoms with Gasteiger partial charge in [0.25, 0.3) is 10.8 Å². The van der Waals surface area contributed by atoms with E-state index in [0.717, 1.165) is 16.8 Å². The Morgan fingerprint density at radius 2 is 1.84 bits per heavy atom. The number of aromatic amines is 1. The lowest BCUT2D eigenvalue weighted by Gasteiger charge is -2.06. The highest BCUT2D eigenvalue weighted by Crippen LogP contribution is 2.25. The number of thioether (sulfide) groups is 1. The number of aromatic nitrogens is 3. The van der Waals surface area contributed by atoms with Crippen molar-refractivity contribution >= 4 is 34.5 Å². The van der Waals surface area contributed by atoms with Crippen LogP contribution in [0.25, 0.3) is 11.1 Å². The molecule has 2 aromatic carbocycles. The first-order valence-electron chi connectivity index (χ1n) is 7.67. The average Bonchev–Trinajstić information content (AvgIpc) is 3.03. The summed E-state index contributed by atoms with van der Waals surface area (Å²) in [5, 5.41) is 3.65. The summed E-state index contributed by atoms with van der Waals surface area (Å²) in [4.78, 5) is 23.4. The van der Waals surface area contributed by atoms with Gasteiger partial charge in [-0.3, -0.25) is 9.78 Å². The van der Waals surface area contributed by atoms with Gasteiger partial charge < -0.3 is 9.73 Å². The van der Waals surface area contributed by atoms with E-state index in [1.165, 1.54) is 17.8 Å². The second-order valence-corrected chi connectivity index (χ2v) is 6.24. The molecule has 0 aliphatic heterocycles. The van der Waals surface area contributed by atoms with Crippen LogP contribution >= 0.6 is 11.8 Å². The van der Waals surface area contributed by atoms with Gasteiger partial charge in [0.1, 0.15) is 5.52 Å². The molecule has 0 radical (unpaired) electrons. The second kappa shape index (κ2) is 6.82. The third-order valence-electron chi connectivity index (χ3n) is 3.45. The summed E-state index contributed by atoms with van der Waals surface area (Å²) in [6, 6.07) is 18.6. The second-order valence-electron chi connectivity index (χ2n) is 5.31. The molecule has 25 heavy (non-hydrogen) atoms. The van der Waals surface area contributed by atoms with Crippen molar-refractivity contribution in [2.45, 2.75) is 11.0 Å². The SMILES string of the molecule is O=c1cc(CSc2nc3ccccc3o2)nc(Nc2ccccc2)[nH]1. The molecule has 7 heteroatoms. The Morgan fingerprint density at radius 1 is 1.04 bits per heavy atom. The summed E-state index contributed by atoms with van der Waals surface area (Å²) in [7, 11) is 0. The number of benzene rings is 2. The molecule has 0 bridgehead atoms. The molecule has 0 fully saturated rings. The van der Waals surface area contributed by atoms with E-state index in [0.29, 0.717) is 22.6 Å². The Kier molecular flexibility index (Phi) is 4.22. The number of hydrogen-bond donors (Lipinski definition) is 2. The Morgan fingerprint density at radius 3 is 2.68 bits per heavy atom. The number of nitrogens with zero attached hydrogens (tertiary/aromatic N) is 2. The molecule has 6 nitrogen and oxygen atoms in total. The minimum absolute atomic E-state index is 0.207. The predicted octanol–water partition coefficient (Wildman–Crippen LogP) is 3.95. The van der Waals surface area contributed by atoms with Crippen LogP contribution in [0.2, 0.25) is 0 Å². The maximum atomic E-state index is 11.9. The summed E-state index contributed by atoms with van der Waals surface area (Å²) in [6.07, 6.45) is 0. The molecular weight excluding hydrogens is 336 g/mol. The third-order valence-corrected chi connectivity index (χ3v) is 4.31. The van der Waals surface area contributed by atoms with Gasteiger partial charge in [-0.15, -0.1) is 0 Å². The van der Waals surface area contributed by atoms with E-state index in [9.17, 15) is 4.79 Å². The van der Waals surface area contributed by atoms with Gasteiger partial charge in [-0.05, 0) is 24.3 Å². The highest BCUT2D eigenvalue weighted by Gasteiger charge is 2.08. The standard InChI is InChI=1S/C18H14N4O2S/c23-16-10-13(20-17(22-16)19-12-6-2-1-3-7-12)11-25-18-21-14-8-4-5-9-15(14)24-18/h1-10H,11H2,(H2,19,20,22,23). The topological polar surface area (TPSA) is 83.8 Å². The summed E-state index contributed by atoms with van der Waals surface area (Å²) in [5.41, 5.74) is 2.86. The largest absolute Gasteiger partial charge is 0.431 e. The molecule has 2 heterocycles. The predicted molar refractivity (Wildman–Crippen MR) is 98.2 cm³/mol. The molecule has 0 saturated heterocycles. The van der Waals surface area contributed by atoms with Crippen LogP contribution in [0, 0.1) is 0 Å². The lowest BCUT2D eigenvalue weighted by molar-refractivity contribution is 0.489. The molecule has 0 aliphatic rings. The van der Waals surface area contributed by atoms with Gasteiger partial charge in [-0.2, -0.15) is 0 Å². The van der Waals surface area contributed by atoms with Crippen LogP contribution < -0.4 is 10.9 Å². The van der Waals surface area contributed by atoms with Crippen LogP contribution in [0.3, 0.4) is 0 Å². The average molecular weight is 350 g/mol. The van der Waals surface area contributed by atoms with Crippen molar-refractivity contribution < 1.29 is 4.42 Å². The zero-order chi connectivity index (χ0) is 17.1. The molecule has 0 spiro atoms. The van der Waals surface area contributed by atoms with Crippen molar-refractivity contribution in [3.63, 3.8) is 0 Å². The Hall–Kier alpha value is -3.06. The van der Waals surface area contributed by atoms with Crippen molar-refractivity contribution in [3.05, 3.63) is 76.7 Å². The van der Waals surface area contributed by atoms with E-state index < -0.39 is 0 Å². The van der Waals surface area contributed by atoms with E-state index in [2.05, 4.69) is 20.3 Å². The van der Waals surface area contributed by atoms with Gasteiger partial charge in [-0.25, -0.2) is 9.97 Å². The number of hydrogen-bond acceptors (Lipinski definition) is 6. The molecule has 0 atom stereocenters. The first-order valence-corrected chi connectivity index (χ1v) is 8.65. The first-order chi connectivity index (χ1) is 12.3. The lowest BCUT2D eigenvalue weighted by Crippen LogP contribution is -2.11. The van der Waals surface area contributed by atoms with E-state index in [-0.39, 0.29) is 5.56 Å². The highest BCUT2D eigenvalue weighted by molar-refractivity contribution is 7.98. The Labute approximate surface area is 147 Å². The Bertz CT molecular complexity index is 1030. The number of rotatable bonds is 5. The zero-order valence-electron chi connectivity index (χ0n) is 13.1. The van der Waals surface area contributed by atoms with Crippen LogP contribution in [0.15, 0.2) is 75.1 Å². The number of anilines is 2. The van der Waals surface area contributed by atoms with E-state index in [4.69, 9.17) is 4.42 Å². The fourth-order valence-corrected chi connectivity index (χ4v) is 3.08. The fourth-order valence-electron chi connectivity index (χ4n) is 2.35. The van der Waals surface area contributed by atoms with Gasteiger partial charge >= 0.3 is 0 Å². The molecule has 124 valence electrons. The number of para-hydroxylation sites is 3. The van der Waals surface area contributed by atoms with Gasteiger partial charge in [0, 0.05) is 17.5 Å². The molecule has 0 saturated carbocycles. The highest BCUT2D eigenvalue weighted by atomic mass is 32.2. The van der Waals surface area contributed by atoms with E-state index in [1.54, 1.807) is 0 Å². The van der Waals surface area contributed by atoms with Gasteiger partial charge in [0.15, 0.2) is 5.58 Å². The zero-order valence-corrected chi connectivity index (χ0v) is 13.9. The van der Waals surface area contributed by atoms with Crippen molar-refractivity contribution in [1.82, 2.24) is 15.0 Å². The number of H-pyrrole nitrogens is 1. The molecule has 4 rings (SSSR count). The van der Waals surface area contributed by atoms with Crippen LogP contribution in [-0.2, 0) is 5.75 Å². The van der Waals surface area contributed by atoms with Gasteiger partial charge in [0.2, 0.25) is 5.95 Å². The van der Waals surface area contributed by atoms with Crippen LogP contribution in [0.1, 0.15) is 5.69 Å². The first kappa shape index (κ1) is 15.5. The number of fused-ring (bicyclic) bond motifs is 1. The van der Waals surface area contributed by atoms with Crippen molar-refractivity contribution in [1.29, 1.82) is 0 Å². The summed E-state index contributed by atoms with van der Waals surface area (Å²) < 4.78 is 5.67. The molecule has 4 aromatic rings. The van der Waals surface area contributed by atoms with Crippen LogP contribution in [-0.4, -0.2) is 15.0 Å². The quantitative estimate of drug-likeness (QED) is 0.530. The maximum Gasteiger partial charge on any atom is 0.257 e. The van der Waals surface area contributed by atoms with Gasteiger partial charge in [-0.1, -0.05) is 42.1 Å². The Balaban J connectivity index is 1.51. The fraction of sp³-hybridized carbons (Fsp3) is 0.0556. The molecule has 2 N–H and O–H groups in total. The third kappa shape index (κ3) is 3.72. The molecule has 2 aromatic heterocycles. The molecular formula is C18H14N4O2S. The summed E-state index contributed by atoms with van der Waals surface area (Å²) in [5.74, 6) is 0.895.